The number of unbranched alkanes of at least 4 members (excludes halogenated alkanes) is 1. The van der Waals surface area contributed by atoms with E-state index in [9.17, 15) is 8.78 Å². The first kappa shape index (κ1) is 24.4. The van der Waals surface area contributed by atoms with Gasteiger partial charge in [-0.2, -0.15) is 8.78 Å². The number of alkyl halides is 2. The van der Waals surface area contributed by atoms with E-state index < -0.39 is 6.61 Å². The normalized spacial score (nSPS) is 12.6. The molecule has 1 aliphatic heterocycles. The van der Waals surface area contributed by atoms with Gasteiger partial charge in [0, 0.05) is 42.8 Å². The summed E-state index contributed by atoms with van der Waals surface area (Å²) in [6.45, 7) is 0.120. The van der Waals surface area contributed by atoms with Crippen LogP contribution in [0.5, 0.6) is 17.2 Å². The fourth-order valence-electron chi connectivity index (χ4n) is 2.83. The number of hydrogen-bond donors (Lipinski definition) is 2. The molecule has 1 aliphatic rings. The Morgan fingerprint density at radius 2 is 2.03 bits per heavy atom. The molecular weight excluding hydrogens is 529 g/mol. The van der Waals surface area contributed by atoms with Gasteiger partial charge in [-0.1, -0.05) is 0 Å². The number of nitrogens with zero attached hydrogens (tertiary/aromatic N) is 2. The Morgan fingerprint density at radius 3 is 2.70 bits per heavy atom. The molecule has 0 fully saturated rings. The van der Waals surface area contributed by atoms with Crippen molar-refractivity contribution in [1.82, 2.24) is 15.6 Å². The fraction of sp³-hybridized carbons (Fsp3) is 0.474. The molecule has 1 aromatic heterocycles. The lowest BCUT2D eigenvalue weighted by molar-refractivity contribution is -0.0505. The number of nitrogens with one attached hydrogen (secondary N) is 2. The van der Waals surface area contributed by atoms with E-state index in [1.54, 1.807) is 24.5 Å². The summed E-state index contributed by atoms with van der Waals surface area (Å²) >= 11 is 1.69. The summed E-state index contributed by atoms with van der Waals surface area (Å²) in [5.74, 6) is 1.52. The number of rotatable bonds is 9. The van der Waals surface area contributed by atoms with Crippen LogP contribution in [0.25, 0.3) is 0 Å². The lowest BCUT2D eigenvalue weighted by atomic mass is 10.1. The van der Waals surface area contributed by atoms with Gasteiger partial charge < -0.3 is 24.8 Å². The number of halogens is 3. The van der Waals surface area contributed by atoms with Gasteiger partial charge in [0.15, 0.2) is 17.5 Å². The highest BCUT2D eigenvalue weighted by Gasteiger charge is 2.20. The molecule has 0 aliphatic carbocycles. The van der Waals surface area contributed by atoms with Gasteiger partial charge in [0.25, 0.3) is 0 Å². The molecule has 11 heteroatoms. The van der Waals surface area contributed by atoms with E-state index in [0.29, 0.717) is 23.0 Å². The third-order valence-corrected chi connectivity index (χ3v) is 5.24. The van der Waals surface area contributed by atoms with Crippen LogP contribution in [0.2, 0.25) is 0 Å². The van der Waals surface area contributed by atoms with E-state index in [0.717, 1.165) is 36.5 Å². The molecule has 0 spiro atoms. The molecule has 2 aromatic rings. The van der Waals surface area contributed by atoms with Crippen LogP contribution in [0.15, 0.2) is 22.5 Å². The minimum atomic E-state index is -2.92. The van der Waals surface area contributed by atoms with Crippen LogP contribution in [-0.4, -0.2) is 37.9 Å². The smallest absolute Gasteiger partial charge is 0.387 e. The van der Waals surface area contributed by atoms with Crippen molar-refractivity contribution < 1.29 is 23.0 Å². The van der Waals surface area contributed by atoms with E-state index in [1.807, 2.05) is 6.92 Å². The maximum atomic E-state index is 12.7. The molecule has 3 rings (SSSR count). The number of aryl methyl sites for hydroxylation is 2. The largest absolute Gasteiger partial charge is 0.454 e. The van der Waals surface area contributed by atoms with Crippen molar-refractivity contribution in [3.63, 3.8) is 0 Å². The summed E-state index contributed by atoms with van der Waals surface area (Å²) < 4.78 is 40.6. The summed E-state index contributed by atoms with van der Waals surface area (Å²) in [6.07, 6.45) is 2.94. The number of aliphatic imine (C=N–C) groups is 1. The highest BCUT2D eigenvalue weighted by atomic mass is 127. The van der Waals surface area contributed by atoms with Gasteiger partial charge in [0.2, 0.25) is 6.79 Å². The van der Waals surface area contributed by atoms with Crippen molar-refractivity contribution in [3.05, 3.63) is 33.8 Å². The lowest BCUT2D eigenvalue weighted by Gasteiger charge is -2.15. The van der Waals surface area contributed by atoms with E-state index in [4.69, 9.17) is 9.47 Å². The Labute approximate surface area is 195 Å². The predicted molar refractivity (Wildman–Crippen MR) is 123 cm³/mol. The molecule has 0 unspecified atom stereocenters. The van der Waals surface area contributed by atoms with Gasteiger partial charge in [-0.25, -0.2) is 4.98 Å². The SMILES string of the molecule is CN=C(NCCCCc1nc(C)cs1)NCc1cc2c(cc1OC(F)F)OCO2.I. The summed E-state index contributed by atoms with van der Waals surface area (Å²) in [5.41, 5.74) is 1.59. The minimum Gasteiger partial charge on any atom is -0.454 e. The van der Waals surface area contributed by atoms with E-state index in [2.05, 4.69) is 30.7 Å². The number of fused-ring (bicyclic) bond motifs is 1. The lowest BCUT2D eigenvalue weighted by Crippen LogP contribution is -2.37. The van der Waals surface area contributed by atoms with Gasteiger partial charge in [0.05, 0.1) is 5.01 Å². The van der Waals surface area contributed by atoms with Crippen LogP contribution in [0.4, 0.5) is 8.78 Å². The van der Waals surface area contributed by atoms with Crippen LogP contribution in [0, 0.1) is 6.92 Å². The van der Waals surface area contributed by atoms with Crippen molar-refractivity contribution in [2.24, 2.45) is 4.99 Å². The summed E-state index contributed by atoms with van der Waals surface area (Å²) in [4.78, 5) is 8.62. The molecule has 0 saturated carbocycles. The number of thiazole rings is 1. The second-order valence-electron chi connectivity index (χ2n) is 6.38. The zero-order chi connectivity index (χ0) is 20.6. The number of guanidine groups is 1. The Balaban J connectivity index is 0.00000320. The third kappa shape index (κ3) is 7.11. The van der Waals surface area contributed by atoms with Gasteiger partial charge >= 0.3 is 6.61 Å². The van der Waals surface area contributed by atoms with Gasteiger partial charge in [-0.15, -0.1) is 35.3 Å². The number of benzene rings is 1. The second kappa shape index (κ2) is 12.1. The molecule has 1 aromatic carbocycles. The zero-order valence-electron chi connectivity index (χ0n) is 16.7. The molecule has 0 atom stereocenters. The van der Waals surface area contributed by atoms with Gasteiger partial charge in [0.1, 0.15) is 5.75 Å². The number of ether oxygens (including phenoxy) is 3. The minimum absolute atomic E-state index is 0. The van der Waals surface area contributed by atoms with E-state index >= 15 is 0 Å². The van der Waals surface area contributed by atoms with Crippen LogP contribution >= 0.6 is 35.3 Å². The highest BCUT2D eigenvalue weighted by molar-refractivity contribution is 14.0. The Kier molecular flexibility index (Phi) is 9.82. The van der Waals surface area contributed by atoms with Crippen molar-refractivity contribution in [2.75, 3.05) is 20.4 Å². The first-order valence-corrected chi connectivity index (χ1v) is 10.2. The molecule has 166 valence electrons. The molecule has 30 heavy (non-hydrogen) atoms. The van der Waals surface area contributed by atoms with Gasteiger partial charge in [-0.05, 0) is 32.3 Å². The van der Waals surface area contributed by atoms with Crippen LogP contribution in [0.1, 0.15) is 29.1 Å². The molecule has 2 N–H and O–H groups in total. The summed E-state index contributed by atoms with van der Waals surface area (Å²) in [5, 5.41) is 9.54. The predicted octanol–water partition coefficient (Wildman–Crippen LogP) is 4.09. The monoisotopic (exact) mass is 554 g/mol. The first-order chi connectivity index (χ1) is 14.0. The average molecular weight is 554 g/mol. The standard InChI is InChI=1S/C19H24F2N4O3S.HI/c1-12-10-29-17(25-12)5-3-4-6-23-19(22-2)24-9-13-7-15-16(27-11-26-15)8-14(13)28-18(20)21;/h7-8,10,18H,3-6,9,11H2,1-2H3,(H2,22,23,24);1H. The quantitative estimate of drug-likeness (QED) is 0.211. The summed E-state index contributed by atoms with van der Waals surface area (Å²) in [7, 11) is 1.66. The number of hydrogen-bond acceptors (Lipinski definition) is 6. The van der Waals surface area contributed by atoms with Crippen molar-refractivity contribution in [1.29, 1.82) is 0 Å². The maximum Gasteiger partial charge on any atom is 0.387 e. The van der Waals surface area contributed by atoms with Crippen molar-refractivity contribution >= 4 is 41.3 Å². The molecule has 0 amide bonds. The van der Waals surface area contributed by atoms with E-state index in [-0.39, 0.29) is 43.1 Å². The zero-order valence-corrected chi connectivity index (χ0v) is 19.9. The Morgan fingerprint density at radius 1 is 1.27 bits per heavy atom. The Bertz CT molecular complexity index is 851. The molecule has 2 heterocycles. The van der Waals surface area contributed by atoms with Gasteiger partial charge in [-0.3, -0.25) is 4.99 Å². The van der Waals surface area contributed by atoms with E-state index in [1.165, 1.54) is 6.07 Å². The molecule has 7 nitrogen and oxygen atoms in total. The van der Waals surface area contributed by atoms with Crippen LogP contribution in [0.3, 0.4) is 0 Å². The molecule has 0 bridgehead atoms. The Hall–Kier alpha value is -1.89. The second-order valence-corrected chi connectivity index (χ2v) is 7.33. The van der Waals surface area contributed by atoms with Crippen molar-refractivity contribution in [2.45, 2.75) is 39.3 Å². The summed E-state index contributed by atoms with van der Waals surface area (Å²) in [6, 6.07) is 3.05. The molecular formula is C19H25F2IN4O3S. The highest BCUT2D eigenvalue weighted by Crippen LogP contribution is 2.38. The number of aromatic nitrogens is 1. The first-order valence-electron chi connectivity index (χ1n) is 9.28. The maximum absolute atomic E-state index is 12.7. The average Bonchev–Trinajstić information content (AvgIpc) is 3.31. The molecule has 0 radical (unpaired) electrons. The topological polar surface area (TPSA) is 77.0 Å². The molecule has 0 saturated heterocycles. The third-order valence-electron chi connectivity index (χ3n) is 4.22. The van der Waals surface area contributed by atoms with Crippen molar-refractivity contribution in [3.8, 4) is 17.2 Å². The van der Waals surface area contributed by atoms with Crippen LogP contribution in [-0.2, 0) is 13.0 Å². The van der Waals surface area contributed by atoms with Crippen LogP contribution < -0.4 is 24.8 Å². The fourth-order valence-corrected chi connectivity index (χ4v) is 3.65.